The van der Waals surface area contributed by atoms with Gasteiger partial charge >= 0.3 is 6.18 Å². The Bertz CT molecular complexity index is 1300. The molecule has 3 aromatic rings. The third-order valence-corrected chi connectivity index (χ3v) is 6.11. The number of alkyl halides is 3. The number of methoxy groups -OCH3 is 2. The first-order valence-electron chi connectivity index (χ1n) is 10.8. The molecule has 0 unspecified atom stereocenters. The number of hydrogen-bond acceptors (Lipinski definition) is 7. The van der Waals surface area contributed by atoms with Crippen molar-refractivity contribution in [1.29, 1.82) is 0 Å². The summed E-state index contributed by atoms with van der Waals surface area (Å²) in [5.41, 5.74) is 1.62. The minimum absolute atomic E-state index is 0.216. The molecule has 0 saturated carbocycles. The molecule has 12 heteroatoms. The molecular formula is C23H22F3N5O4. The van der Waals surface area contributed by atoms with Crippen molar-refractivity contribution >= 4 is 11.6 Å². The summed E-state index contributed by atoms with van der Waals surface area (Å²) in [6, 6.07) is 3.50. The highest BCUT2D eigenvalue weighted by Gasteiger charge is 2.56. The van der Waals surface area contributed by atoms with Gasteiger partial charge in [0.2, 0.25) is 0 Å². The molecule has 5 rings (SSSR count). The first kappa shape index (κ1) is 23.1. The van der Waals surface area contributed by atoms with E-state index in [4.69, 9.17) is 19.2 Å². The van der Waals surface area contributed by atoms with Crippen LogP contribution in [0.3, 0.4) is 0 Å². The van der Waals surface area contributed by atoms with E-state index in [0.29, 0.717) is 59.2 Å². The van der Waals surface area contributed by atoms with Crippen LogP contribution in [0.15, 0.2) is 30.7 Å². The second kappa shape index (κ2) is 8.22. The number of amides is 1. The monoisotopic (exact) mass is 489 g/mol. The molecule has 1 saturated heterocycles. The number of carbonyl (C=O) groups is 1. The van der Waals surface area contributed by atoms with Crippen LogP contribution in [0.1, 0.15) is 34.5 Å². The van der Waals surface area contributed by atoms with Crippen LogP contribution < -0.4 is 14.4 Å². The Morgan fingerprint density at radius 1 is 1.20 bits per heavy atom. The van der Waals surface area contributed by atoms with Gasteiger partial charge in [0.15, 0.2) is 11.5 Å². The summed E-state index contributed by atoms with van der Waals surface area (Å²) >= 11 is 0. The van der Waals surface area contributed by atoms with E-state index in [9.17, 15) is 18.0 Å². The quantitative estimate of drug-likeness (QED) is 0.538. The Kier molecular flexibility index (Phi) is 5.42. The minimum atomic E-state index is -4.44. The van der Waals surface area contributed by atoms with Crippen molar-refractivity contribution in [2.45, 2.75) is 38.2 Å². The molecule has 2 aliphatic rings. The van der Waals surface area contributed by atoms with Crippen molar-refractivity contribution < 1.29 is 32.2 Å². The van der Waals surface area contributed by atoms with Crippen molar-refractivity contribution in [2.75, 3.05) is 25.7 Å². The number of halogens is 3. The highest BCUT2D eigenvalue weighted by Crippen LogP contribution is 2.49. The van der Waals surface area contributed by atoms with Crippen LogP contribution in [-0.2, 0) is 17.0 Å². The van der Waals surface area contributed by atoms with Gasteiger partial charge in [0.25, 0.3) is 11.8 Å². The zero-order valence-electron chi connectivity index (χ0n) is 19.2. The smallest absolute Gasteiger partial charge is 0.408 e. The van der Waals surface area contributed by atoms with E-state index in [2.05, 4.69) is 10.1 Å². The second-order valence-corrected chi connectivity index (χ2v) is 8.37. The Balaban J connectivity index is 1.61. The Morgan fingerprint density at radius 2 is 2.00 bits per heavy atom. The fourth-order valence-corrected chi connectivity index (χ4v) is 4.68. The lowest BCUT2D eigenvalue weighted by Crippen LogP contribution is -2.43. The number of nitrogens with zero attached hydrogens (tertiary/aromatic N) is 5. The largest absolute Gasteiger partial charge is 0.491 e. The number of aromatic nitrogens is 4. The maximum atomic E-state index is 13.6. The summed E-state index contributed by atoms with van der Waals surface area (Å²) in [4.78, 5) is 24.1. The van der Waals surface area contributed by atoms with Crippen LogP contribution in [-0.4, -0.2) is 52.7 Å². The molecule has 0 radical (unpaired) electrons. The van der Waals surface area contributed by atoms with E-state index in [1.165, 1.54) is 31.5 Å². The van der Waals surface area contributed by atoms with Crippen molar-refractivity contribution in [3.05, 3.63) is 47.5 Å². The van der Waals surface area contributed by atoms with Crippen molar-refractivity contribution in [3.63, 3.8) is 0 Å². The summed E-state index contributed by atoms with van der Waals surface area (Å²) in [6.45, 7) is 0.904. The summed E-state index contributed by atoms with van der Waals surface area (Å²) in [6.07, 6.45) is 0.693. The summed E-state index contributed by atoms with van der Waals surface area (Å²) in [7, 11) is 2.99. The van der Waals surface area contributed by atoms with E-state index < -0.39 is 24.4 Å². The predicted octanol–water partition coefficient (Wildman–Crippen LogP) is 3.85. The van der Waals surface area contributed by atoms with Gasteiger partial charge in [0.05, 0.1) is 44.0 Å². The van der Waals surface area contributed by atoms with E-state index in [1.807, 2.05) is 0 Å². The molecule has 5 heterocycles. The van der Waals surface area contributed by atoms with Gasteiger partial charge in [-0.3, -0.25) is 14.4 Å². The fraction of sp³-hybridized carbons (Fsp3) is 0.391. The van der Waals surface area contributed by atoms with Gasteiger partial charge in [0, 0.05) is 24.4 Å². The van der Waals surface area contributed by atoms with Crippen LogP contribution in [0.25, 0.3) is 11.3 Å². The molecule has 1 atom stereocenters. The average molecular weight is 489 g/mol. The molecule has 0 aromatic carbocycles. The second-order valence-electron chi connectivity index (χ2n) is 8.37. The van der Waals surface area contributed by atoms with Crippen LogP contribution in [0, 0.1) is 6.92 Å². The van der Waals surface area contributed by atoms with Gasteiger partial charge in [-0.2, -0.15) is 18.3 Å². The summed E-state index contributed by atoms with van der Waals surface area (Å²) < 4.78 is 56.1. The van der Waals surface area contributed by atoms with E-state index in [-0.39, 0.29) is 5.69 Å². The lowest BCUT2D eigenvalue weighted by molar-refractivity contribution is -0.142. The lowest BCUT2D eigenvalue weighted by atomic mass is 9.99. The molecule has 0 bridgehead atoms. The maximum Gasteiger partial charge on any atom is 0.408 e. The van der Waals surface area contributed by atoms with Gasteiger partial charge in [-0.25, -0.2) is 9.97 Å². The van der Waals surface area contributed by atoms with E-state index >= 15 is 0 Å². The first-order chi connectivity index (χ1) is 16.7. The number of hydrogen-bond donors (Lipinski definition) is 0. The Labute approximate surface area is 198 Å². The highest BCUT2D eigenvalue weighted by atomic mass is 19.4. The van der Waals surface area contributed by atoms with Crippen LogP contribution in [0.5, 0.6) is 11.6 Å². The molecule has 3 aromatic heterocycles. The average Bonchev–Trinajstić information content (AvgIpc) is 3.52. The molecule has 1 fully saturated rings. The molecular weight excluding hydrogens is 467 g/mol. The number of pyridine rings is 2. The minimum Gasteiger partial charge on any atom is -0.491 e. The highest BCUT2D eigenvalue weighted by molar-refractivity contribution is 6.12. The number of carbonyl (C=O) groups excluding carboxylic acids is 1. The molecule has 184 valence electrons. The van der Waals surface area contributed by atoms with Gasteiger partial charge in [-0.15, -0.1) is 0 Å². The van der Waals surface area contributed by atoms with E-state index in [1.54, 1.807) is 25.3 Å². The Hall–Kier alpha value is -3.67. The molecule has 2 aliphatic heterocycles. The van der Waals surface area contributed by atoms with Crippen LogP contribution in [0.2, 0.25) is 0 Å². The molecule has 0 N–H and O–H groups in total. The number of anilines is 1. The van der Waals surface area contributed by atoms with Gasteiger partial charge < -0.3 is 14.2 Å². The standard InChI is InChI=1S/C23H22F3N5O4/c1-13-7-16(14-8-17(33-2)20(34-3)27-9-14)29-19-18(13)21(32)31(22(19)5-4-6-35-22)15-10-28-30(11-15)12-23(24,25)26/h7-11H,4-6,12H2,1-3H3/t22-/m0/s1. The molecule has 1 spiro atoms. The SMILES string of the molecule is COc1cc(-c2cc(C)c3c(n2)[C@@]2(CCCO2)N(c2cnn(CC(F)(F)F)c2)C3=O)cnc1OC. The van der Waals surface area contributed by atoms with Gasteiger partial charge in [-0.1, -0.05) is 0 Å². The lowest BCUT2D eigenvalue weighted by Gasteiger charge is -2.33. The number of fused-ring (bicyclic) bond motifs is 2. The zero-order valence-corrected chi connectivity index (χ0v) is 19.2. The third-order valence-electron chi connectivity index (χ3n) is 6.11. The van der Waals surface area contributed by atoms with Crippen molar-refractivity contribution in [2.24, 2.45) is 0 Å². The van der Waals surface area contributed by atoms with Gasteiger partial charge in [0.1, 0.15) is 12.2 Å². The van der Waals surface area contributed by atoms with Crippen molar-refractivity contribution in [3.8, 4) is 22.9 Å². The molecule has 35 heavy (non-hydrogen) atoms. The summed E-state index contributed by atoms with van der Waals surface area (Å²) in [5.74, 6) is 0.351. The van der Waals surface area contributed by atoms with Crippen LogP contribution in [0.4, 0.5) is 18.9 Å². The number of ether oxygens (including phenoxy) is 3. The molecule has 1 amide bonds. The zero-order chi connectivity index (χ0) is 25.0. The third kappa shape index (κ3) is 3.77. The summed E-state index contributed by atoms with van der Waals surface area (Å²) in [5, 5.41) is 3.81. The Morgan fingerprint density at radius 3 is 2.66 bits per heavy atom. The molecule has 0 aliphatic carbocycles. The number of rotatable bonds is 5. The topological polar surface area (TPSA) is 91.6 Å². The maximum absolute atomic E-state index is 13.6. The van der Waals surface area contributed by atoms with Crippen LogP contribution >= 0.6 is 0 Å². The number of aryl methyl sites for hydroxylation is 1. The molecule has 9 nitrogen and oxygen atoms in total. The normalized spacial score (nSPS) is 19.5. The van der Waals surface area contributed by atoms with E-state index in [0.717, 1.165) is 4.68 Å². The predicted molar refractivity (Wildman–Crippen MR) is 117 cm³/mol. The van der Waals surface area contributed by atoms with Crippen molar-refractivity contribution in [1.82, 2.24) is 19.7 Å². The van der Waals surface area contributed by atoms with Gasteiger partial charge in [-0.05, 0) is 31.0 Å². The first-order valence-corrected chi connectivity index (χ1v) is 10.8. The fourth-order valence-electron chi connectivity index (χ4n) is 4.68.